The quantitative estimate of drug-likeness (QED) is 0.510. The lowest BCUT2D eigenvalue weighted by atomic mass is 10.0. The van der Waals surface area contributed by atoms with E-state index in [1.54, 1.807) is 6.07 Å². The Labute approximate surface area is 184 Å². The maximum Gasteiger partial charge on any atom is 0.273 e. The highest BCUT2D eigenvalue weighted by atomic mass is 16.6. The molecule has 0 aliphatic rings. The van der Waals surface area contributed by atoms with E-state index in [-0.39, 0.29) is 18.2 Å². The van der Waals surface area contributed by atoms with Crippen LogP contribution >= 0.6 is 0 Å². The van der Waals surface area contributed by atoms with Gasteiger partial charge in [0, 0.05) is 18.2 Å². The number of hydrogen-bond acceptors (Lipinski definition) is 7. The largest absolute Gasteiger partial charge is 0.473 e. The van der Waals surface area contributed by atoms with E-state index in [1.165, 1.54) is 21.3 Å². The second-order valence-electron chi connectivity index (χ2n) is 6.28. The van der Waals surface area contributed by atoms with E-state index in [9.17, 15) is 4.79 Å². The van der Waals surface area contributed by atoms with E-state index in [1.807, 2.05) is 58.9 Å². The summed E-state index contributed by atoms with van der Waals surface area (Å²) in [5.41, 5.74) is 4.80. The van der Waals surface area contributed by atoms with Gasteiger partial charge in [0.2, 0.25) is 5.88 Å². The summed E-state index contributed by atoms with van der Waals surface area (Å²) in [6.07, 6.45) is 0. The van der Waals surface area contributed by atoms with E-state index < -0.39 is 0 Å². The minimum atomic E-state index is -0.349. The fraction of sp³-hybridized carbons (Fsp3) is 0.391. The summed E-state index contributed by atoms with van der Waals surface area (Å²) in [6.45, 7) is 9.91. The maximum absolute atomic E-state index is 12.2. The third kappa shape index (κ3) is 6.80. The lowest BCUT2D eigenvalue weighted by molar-refractivity contribution is -0.114. The lowest BCUT2D eigenvalue weighted by Gasteiger charge is -2.14. The minimum Gasteiger partial charge on any atom is -0.473 e. The number of nitrogens with zero attached hydrogens (tertiary/aromatic N) is 3. The van der Waals surface area contributed by atoms with Gasteiger partial charge in [0.05, 0.1) is 5.69 Å². The molecule has 1 aromatic carbocycles. The molecule has 1 aromatic heterocycles. The third-order valence-corrected chi connectivity index (χ3v) is 4.19. The Balaban J connectivity index is 0.00000233. The summed E-state index contributed by atoms with van der Waals surface area (Å²) in [6, 6.07) is 9.34. The number of aryl methyl sites for hydroxylation is 2. The monoisotopic (exact) mass is 428 g/mol. The van der Waals surface area contributed by atoms with E-state index >= 15 is 0 Å². The molecule has 0 fully saturated rings. The topological polar surface area (TPSA) is 94.4 Å². The molecule has 0 unspecified atom stereocenters. The van der Waals surface area contributed by atoms with Gasteiger partial charge in [0.15, 0.2) is 5.71 Å². The summed E-state index contributed by atoms with van der Waals surface area (Å²) in [7, 11) is 4.43. The number of aromatic nitrogens is 1. The Morgan fingerprint density at radius 2 is 1.71 bits per heavy atom. The summed E-state index contributed by atoms with van der Waals surface area (Å²) in [5.74, 6) is 0.133. The van der Waals surface area contributed by atoms with Gasteiger partial charge in [-0.25, -0.2) is 4.98 Å². The van der Waals surface area contributed by atoms with Gasteiger partial charge in [0.25, 0.3) is 5.91 Å². The van der Waals surface area contributed by atoms with Gasteiger partial charge < -0.3 is 19.7 Å². The molecule has 1 N–H and O–H groups in total. The lowest BCUT2D eigenvalue weighted by Crippen LogP contribution is -2.29. The molecule has 0 aliphatic heterocycles. The van der Waals surface area contributed by atoms with Crippen molar-refractivity contribution in [1.82, 2.24) is 10.3 Å². The predicted octanol–water partition coefficient (Wildman–Crippen LogP) is 3.77. The molecule has 168 valence electrons. The summed E-state index contributed by atoms with van der Waals surface area (Å²) < 4.78 is 5.99. The zero-order chi connectivity index (χ0) is 23.4. The van der Waals surface area contributed by atoms with Crippen LogP contribution in [-0.2, 0) is 21.1 Å². The SMILES string of the molecule is CC.CNC(=O)/C(=N/OC)c1ccccc1COc1nc(/C(C)=N\OC)c(C)cc1C. The van der Waals surface area contributed by atoms with Crippen LogP contribution in [0.4, 0.5) is 0 Å². The van der Waals surface area contributed by atoms with Crippen molar-refractivity contribution in [2.24, 2.45) is 10.3 Å². The van der Waals surface area contributed by atoms with Crippen molar-refractivity contribution < 1.29 is 19.2 Å². The molecule has 0 atom stereocenters. The smallest absolute Gasteiger partial charge is 0.273 e. The molecule has 0 saturated heterocycles. The summed E-state index contributed by atoms with van der Waals surface area (Å²) in [5, 5.41) is 10.4. The highest BCUT2D eigenvalue weighted by molar-refractivity contribution is 6.45. The number of carbonyl (C=O) groups excluding carboxylic acids is 1. The molecule has 2 rings (SSSR count). The Hall–Kier alpha value is -3.42. The van der Waals surface area contributed by atoms with E-state index in [0.29, 0.717) is 22.8 Å². The fourth-order valence-corrected chi connectivity index (χ4v) is 2.87. The van der Waals surface area contributed by atoms with Crippen LogP contribution in [0.5, 0.6) is 5.88 Å². The first kappa shape index (κ1) is 25.6. The summed E-state index contributed by atoms with van der Waals surface area (Å²) >= 11 is 0. The zero-order valence-corrected chi connectivity index (χ0v) is 19.6. The number of benzene rings is 1. The van der Waals surface area contributed by atoms with Crippen LogP contribution in [0, 0.1) is 13.8 Å². The van der Waals surface area contributed by atoms with Crippen LogP contribution in [0.3, 0.4) is 0 Å². The molecular weight excluding hydrogens is 396 g/mol. The van der Waals surface area contributed by atoms with Gasteiger partial charge in [-0.3, -0.25) is 4.79 Å². The molecule has 8 nitrogen and oxygen atoms in total. The van der Waals surface area contributed by atoms with Gasteiger partial charge in [-0.15, -0.1) is 0 Å². The first-order valence-electron chi connectivity index (χ1n) is 10.0. The van der Waals surface area contributed by atoms with Gasteiger partial charge in [-0.05, 0) is 38.0 Å². The van der Waals surface area contributed by atoms with Crippen molar-refractivity contribution in [1.29, 1.82) is 0 Å². The molecular formula is C23H32N4O4. The molecule has 1 heterocycles. The van der Waals surface area contributed by atoms with Crippen molar-refractivity contribution in [3.63, 3.8) is 0 Å². The van der Waals surface area contributed by atoms with Crippen molar-refractivity contribution in [3.8, 4) is 5.88 Å². The van der Waals surface area contributed by atoms with Crippen molar-refractivity contribution >= 4 is 17.3 Å². The molecule has 0 saturated carbocycles. The molecule has 0 aliphatic carbocycles. The average molecular weight is 429 g/mol. The second kappa shape index (κ2) is 13.0. The van der Waals surface area contributed by atoms with Gasteiger partial charge in [-0.1, -0.05) is 48.4 Å². The average Bonchev–Trinajstić information content (AvgIpc) is 2.78. The molecule has 0 spiro atoms. The zero-order valence-electron chi connectivity index (χ0n) is 19.6. The van der Waals surface area contributed by atoms with E-state index in [4.69, 9.17) is 14.4 Å². The first-order valence-corrected chi connectivity index (χ1v) is 10.0. The maximum atomic E-state index is 12.2. The highest BCUT2D eigenvalue weighted by Crippen LogP contribution is 2.21. The van der Waals surface area contributed by atoms with Crippen molar-refractivity contribution in [2.45, 2.75) is 41.2 Å². The van der Waals surface area contributed by atoms with Crippen LogP contribution in [0.2, 0.25) is 0 Å². The number of amides is 1. The predicted molar refractivity (Wildman–Crippen MR) is 123 cm³/mol. The standard InChI is InChI=1S/C21H26N4O4.C2H6/c1-13-11-14(2)21(23-18(13)15(3)24-27-5)29-12-16-9-7-8-10-17(16)19(25-28-6)20(26)22-4;1-2/h7-11H,12H2,1-6H3,(H,22,26);1-2H3/b24-15-,25-19+;. The van der Waals surface area contributed by atoms with Gasteiger partial charge in [0.1, 0.15) is 26.5 Å². The number of nitrogens with one attached hydrogen (secondary N) is 1. The molecule has 8 heteroatoms. The number of carbonyl (C=O) groups is 1. The summed E-state index contributed by atoms with van der Waals surface area (Å²) in [4.78, 5) is 26.5. The number of ether oxygens (including phenoxy) is 1. The van der Waals surface area contributed by atoms with Crippen molar-refractivity contribution in [2.75, 3.05) is 21.3 Å². The van der Waals surface area contributed by atoms with E-state index in [0.717, 1.165) is 16.7 Å². The van der Waals surface area contributed by atoms with Crippen LogP contribution in [0.15, 0.2) is 40.6 Å². The molecule has 2 aromatic rings. The first-order chi connectivity index (χ1) is 14.9. The Bertz CT molecular complexity index is 939. The molecule has 1 amide bonds. The van der Waals surface area contributed by atoms with Gasteiger partial charge in [-0.2, -0.15) is 0 Å². The van der Waals surface area contributed by atoms with E-state index in [2.05, 4.69) is 20.6 Å². The number of rotatable bonds is 8. The van der Waals surface area contributed by atoms with Crippen LogP contribution in [0.1, 0.15) is 48.7 Å². The van der Waals surface area contributed by atoms with Crippen LogP contribution < -0.4 is 10.1 Å². The number of oxime groups is 2. The molecule has 0 radical (unpaired) electrons. The number of pyridine rings is 1. The molecule has 0 bridgehead atoms. The fourth-order valence-electron chi connectivity index (χ4n) is 2.87. The molecule has 31 heavy (non-hydrogen) atoms. The second-order valence-corrected chi connectivity index (χ2v) is 6.28. The Kier molecular flexibility index (Phi) is 10.7. The number of hydrogen-bond donors (Lipinski definition) is 1. The van der Waals surface area contributed by atoms with Crippen LogP contribution in [0.25, 0.3) is 0 Å². The minimum absolute atomic E-state index is 0.173. The number of likely N-dealkylation sites (N-methyl/N-ethyl adjacent to an activating group) is 1. The highest BCUT2D eigenvalue weighted by Gasteiger charge is 2.18. The van der Waals surface area contributed by atoms with Crippen LogP contribution in [-0.4, -0.2) is 43.6 Å². The third-order valence-electron chi connectivity index (χ3n) is 4.19. The van der Waals surface area contributed by atoms with Gasteiger partial charge >= 0.3 is 0 Å². The normalized spacial score (nSPS) is 11.2. The van der Waals surface area contributed by atoms with Crippen molar-refractivity contribution in [3.05, 3.63) is 58.3 Å². The Morgan fingerprint density at radius 1 is 1.06 bits per heavy atom. The Morgan fingerprint density at radius 3 is 2.32 bits per heavy atom.